The number of nitrogens with zero attached hydrogens (tertiary/aromatic N) is 1. The van der Waals surface area contributed by atoms with Crippen molar-refractivity contribution in [3.8, 4) is 0 Å². The van der Waals surface area contributed by atoms with Gasteiger partial charge in [-0.3, -0.25) is 9.59 Å². The molecule has 0 aliphatic carbocycles. The summed E-state index contributed by atoms with van der Waals surface area (Å²) in [6.07, 6.45) is 1.91. The summed E-state index contributed by atoms with van der Waals surface area (Å²) < 4.78 is 26.8. The van der Waals surface area contributed by atoms with Crippen LogP contribution in [0.5, 0.6) is 0 Å². The smallest absolute Gasteiger partial charge is 0.243 e. The Morgan fingerprint density at radius 3 is 2.24 bits per heavy atom. The van der Waals surface area contributed by atoms with Crippen molar-refractivity contribution in [2.45, 2.75) is 51.0 Å². The van der Waals surface area contributed by atoms with Crippen molar-refractivity contribution >= 4 is 21.7 Å². The SMILES string of the molecule is CCC(C)NC(=O)C1CCN(S(=O)(=O)c2ccc(C(C)=O)cc2)CC1. The number of carbonyl (C=O) groups is 2. The number of ketones is 1. The molecule has 0 spiro atoms. The van der Waals surface area contributed by atoms with E-state index in [-0.39, 0.29) is 28.5 Å². The molecule has 1 aromatic carbocycles. The second-order valence-corrected chi connectivity index (χ2v) is 8.51. The Balaban J connectivity index is 2.01. The molecule has 1 heterocycles. The highest BCUT2D eigenvalue weighted by Gasteiger charge is 2.32. The van der Waals surface area contributed by atoms with Crippen LogP contribution >= 0.6 is 0 Å². The maximum atomic E-state index is 12.7. The van der Waals surface area contributed by atoms with Crippen LogP contribution in [-0.2, 0) is 14.8 Å². The van der Waals surface area contributed by atoms with Gasteiger partial charge in [-0.25, -0.2) is 8.42 Å². The van der Waals surface area contributed by atoms with E-state index < -0.39 is 10.0 Å². The summed E-state index contributed by atoms with van der Waals surface area (Å²) in [6, 6.07) is 6.12. The summed E-state index contributed by atoms with van der Waals surface area (Å²) >= 11 is 0. The number of benzene rings is 1. The third-order valence-corrected chi connectivity index (χ3v) is 6.64. The predicted molar refractivity (Wildman–Crippen MR) is 95.8 cm³/mol. The van der Waals surface area contributed by atoms with Gasteiger partial charge in [-0.15, -0.1) is 0 Å². The summed E-state index contributed by atoms with van der Waals surface area (Å²) in [7, 11) is -3.59. The molecule has 1 unspecified atom stereocenters. The van der Waals surface area contributed by atoms with Gasteiger partial charge in [-0.1, -0.05) is 19.1 Å². The third kappa shape index (κ3) is 4.67. The van der Waals surface area contributed by atoms with Crippen molar-refractivity contribution in [3.63, 3.8) is 0 Å². The molecule has 1 atom stereocenters. The van der Waals surface area contributed by atoms with Crippen LogP contribution in [0.2, 0.25) is 0 Å². The number of sulfonamides is 1. The zero-order valence-corrected chi connectivity index (χ0v) is 15.8. The Hall–Kier alpha value is -1.73. The van der Waals surface area contributed by atoms with E-state index in [1.54, 1.807) is 0 Å². The molecule has 1 aliphatic rings. The van der Waals surface area contributed by atoms with E-state index in [2.05, 4.69) is 5.32 Å². The number of piperidine rings is 1. The molecule has 0 radical (unpaired) electrons. The molecule has 25 heavy (non-hydrogen) atoms. The van der Waals surface area contributed by atoms with Gasteiger partial charge in [0.25, 0.3) is 0 Å². The van der Waals surface area contributed by atoms with Gasteiger partial charge in [-0.05, 0) is 45.2 Å². The average Bonchev–Trinajstić information content (AvgIpc) is 2.61. The van der Waals surface area contributed by atoms with Gasteiger partial charge in [0.05, 0.1) is 4.90 Å². The van der Waals surface area contributed by atoms with Crippen molar-refractivity contribution < 1.29 is 18.0 Å². The van der Waals surface area contributed by atoms with Crippen LogP contribution < -0.4 is 5.32 Å². The van der Waals surface area contributed by atoms with Crippen LogP contribution in [0.25, 0.3) is 0 Å². The highest BCUT2D eigenvalue weighted by Crippen LogP contribution is 2.24. The molecule has 6 nitrogen and oxygen atoms in total. The van der Waals surface area contributed by atoms with E-state index >= 15 is 0 Å². The molecule has 1 saturated heterocycles. The molecular weight excluding hydrogens is 340 g/mol. The first kappa shape index (κ1) is 19.6. The Labute approximate surface area is 149 Å². The van der Waals surface area contributed by atoms with Crippen molar-refractivity contribution in [1.29, 1.82) is 0 Å². The van der Waals surface area contributed by atoms with Gasteiger partial charge in [0.15, 0.2) is 5.78 Å². The van der Waals surface area contributed by atoms with Crippen LogP contribution in [0.1, 0.15) is 50.4 Å². The van der Waals surface area contributed by atoms with E-state index in [9.17, 15) is 18.0 Å². The number of carbonyl (C=O) groups excluding carboxylic acids is 2. The largest absolute Gasteiger partial charge is 0.353 e. The standard InChI is InChI=1S/C18H26N2O4S/c1-4-13(2)19-18(22)16-9-11-20(12-10-16)25(23,24)17-7-5-15(6-8-17)14(3)21/h5-8,13,16H,4,9-12H2,1-3H3,(H,19,22). The van der Waals surface area contributed by atoms with Crippen LogP contribution in [0.4, 0.5) is 0 Å². The zero-order valence-electron chi connectivity index (χ0n) is 15.0. The van der Waals surface area contributed by atoms with E-state index in [1.807, 2.05) is 13.8 Å². The van der Waals surface area contributed by atoms with Gasteiger partial charge in [-0.2, -0.15) is 4.31 Å². The Morgan fingerprint density at radius 2 is 1.76 bits per heavy atom. The highest BCUT2D eigenvalue weighted by atomic mass is 32.2. The molecule has 0 bridgehead atoms. The lowest BCUT2D eigenvalue weighted by Gasteiger charge is -2.31. The zero-order chi connectivity index (χ0) is 18.6. The van der Waals surface area contributed by atoms with Crippen molar-refractivity contribution in [3.05, 3.63) is 29.8 Å². The van der Waals surface area contributed by atoms with Gasteiger partial charge >= 0.3 is 0 Å². The fourth-order valence-corrected chi connectivity index (χ4v) is 4.30. The van der Waals surface area contributed by atoms with E-state index in [1.165, 1.54) is 35.5 Å². The molecular formula is C18H26N2O4S. The van der Waals surface area contributed by atoms with Gasteiger partial charge in [0.2, 0.25) is 15.9 Å². The van der Waals surface area contributed by atoms with Crippen molar-refractivity contribution in [2.24, 2.45) is 5.92 Å². The fourth-order valence-electron chi connectivity index (χ4n) is 2.83. The lowest BCUT2D eigenvalue weighted by atomic mass is 9.97. The molecule has 138 valence electrons. The summed E-state index contributed by atoms with van der Waals surface area (Å²) in [4.78, 5) is 23.7. The minimum absolute atomic E-state index is 0.0113. The van der Waals surface area contributed by atoms with Crippen LogP contribution in [0.3, 0.4) is 0 Å². The lowest BCUT2D eigenvalue weighted by Crippen LogP contribution is -2.44. The molecule has 7 heteroatoms. The van der Waals surface area contributed by atoms with Crippen molar-refractivity contribution in [2.75, 3.05) is 13.1 Å². The average molecular weight is 366 g/mol. The molecule has 0 saturated carbocycles. The van der Waals surface area contributed by atoms with Gasteiger partial charge < -0.3 is 5.32 Å². The Morgan fingerprint density at radius 1 is 1.20 bits per heavy atom. The predicted octanol–water partition coefficient (Wildman–Crippen LogP) is 2.20. The second kappa shape index (κ2) is 8.10. The first-order valence-corrected chi connectivity index (χ1v) is 10.1. The molecule has 1 fully saturated rings. The number of nitrogens with one attached hydrogen (secondary N) is 1. The number of rotatable bonds is 6. The monoisotopic (exact) mass is 366 g/mol. The maximum Gasteiger partial charge on any atom is 0.243 e. The summed E-state index contributed by atoms with van der Waals surface area (Å²) in [5.74, 6) is -0.227. The molecule has 1 aromatic rings. The minimum atomic E-state index is -3.59. The quantitative estimate of drug-likeness (QED) is 0.783. The van der Waals surface area contributed by atoms with Crippen LogP contribution in [0, 0.1) is 5.92 Å². The number of hydrogen-bond donors (Lipinski definition) is 1. The number of Topliss-reactive ketones (excluding diaryl/α,β-unsaturated/α-hetero) is 1. The van der Waals surface area contributed by atoms with Gasteiger partial charge in [0.1, 0.15) is 0 Å². The van der Waals surface area contributed by atoms with Crippen molar-refractivity contribution in [1.82, 2.24) is 9.62 Å². The summed E-state index contributed by atoms with van der Waals surface area (Å²) in [5, 5.41) is 2.96. The van der Waals surface area contributed by atoms with Crippen LogP contribution in [0.15, 0.2) is 29.2 Å². The molecule has 1 N–H and O–H groups in total. The minimum Gasteiger partial charge on any atom is -0.353 e. The van der Waals surface area contributed by atoms with Crippen LogP contribution in [-0.4, -0.2) is 43.5 Å². The van der Waals surface area contributed by atoms with E-state index in [4.69, 9.17) is 0 Å². The van der Waals surface area contributed by atoms with Gasteiger partial charge in [0, 0.05) is 30.6 Å². The summed E-state index contributed by atoms with van der Waals surface area (Å²) in [6.45, 7) is 6.07. The van der Waals surface area contributed by atoms with E-state index in [0.29, 0.717) is 31.5 Å². The molecule has 0 aromatic heterocycles. The first-order valence-electron chi connectivity index (χ1n) is 8.67. The number of amides is 1. The normalized spacial score (nSPS) is 17.9. The first-order chi connectivity index (χ1) is 11.8. The third-order valence-electron chi connectivity index (χ3n) is 4.72. The topological polar surface area (TPSA) is 83.6 Å². The Kier molecular flexibility index (Phi) is 6.35. The maximum absolute atomic E-state index is 12.7. The number of hydrogen-bond acceptors (Lipinski definition) is 4. The highest BCUT2D eigenvalue weighted by molar-refractivity contribution is 7.89. The lowest BCUT2D eigenvalue weighted by molar-refractivity contribution is -0.126. The van der Waals surface area contributed by atoms with E-state index in [0.717, 1.165) is 6.42 Å². The summed E-state index contributed by atoms with van der Waals surface area (Å²) in [5.41, 5.74) is 0.486. The second-order valence-electron chi connectivity index (χ2n) is 6.58. The molecule has 1 aliphatic heterocycles. The molecule has 2 rings (SSSR count). The Bertz CT molecular complexity index is 720. The molecule has 1 amide bonds. The fraction of sp³-hybridized carbons (Fsp3) is 0.556.